The van der Waals surface area contributed by atoms with E-state index in [1.165, 1.54) is 0 Å². The van der Waals surface area contributed by atoms with Crippen LogP contribution in [0.2, 0.25) is 0 Å². The van der Waals surface area contributed by atoms with Crippen molar-refractivity contribution in [2.24, 2.45) is 5.41 Å². The molecular weight excluding hydrogens is 188 g/mol. The lowest BCUT2D eigenvalue weighted by atomic mass is 9.86. The van der Waals surface area contributed by atoms with E-state index >= 15 is 0 Å². The maximum atomic E-state index is 5.94. The first-order valence-corrected chi connectivity index (χ1v) is 5.58. The van der Waals surface area contributed by atoms with Gasteiger partial charge in [-0.15, -0.1) is 11.6 Å². The van der Waals surface area contributed by atoms with Gasteiger partial charge in [-0.2, -0.15) is 0 Å². The topological polar surface area (TPSA) is 18.5 Å². The Bertz CT molecular complexity index is 133. The van der Waals surface area contributed by atoms with Crippen LogP contribution in [0.4, 0.5) is 0 Å². The molecule has 1 unspecified atom stereocenters. The molecular formula is C10H19ClO2. The van der Waals surface area contributed by atoms with Gasteiger partial charge in [0.15, 0.2) is 0 Å². The van der Waals surface area contributed by atoms with Crippen molar-refractivity contribution >= 4 is 11.6 Å². The number of alkyl halides is 1. The lowest BCUT2D eigenvalue weighted by Gasteiger charge is -2.23. The summed E-state index contributed by atoms with van der Waals surface area (Å²) >= 11 is 5.94. The van der Waals surface area contributed by atoms with Gasteiger partial charge in [-0.3, -0.25) is 0 Å². The van der Waals surface area contributed by atoms with Crippen molar-refractivity contribution in [2.45, 2.75) is 26.2 Å². The van der Waals surface area contributed by atoms with Gasteiger partial charge in [-0.25, -0.2) is 0 Å². The summed E-state index contributed by atoms with van der Waals surface area (Å²) in [6.45, 7) is 5.48. The van der Waals surface area contributed by atoms with Crippen LogP contribution in [0.5, 0.6) is 0 Å². The van der Waals surface area contributed by atoms with E-state index in [1.54, 1.807) is 0 Å². The lowest BCUT2D eigenvalue weighted by Crippen LogP contribution is -2.25. The standard InChI is InChI=1S/C10H19ClO2/c1-2-5-12-6-3-10(8-11)4-7-13-9-10/h2-9H2,1H3. The van der Waals surface area contributed by atoms with Crippen molar-refractivity contribution in [3.63, 3.8) is 0 Å². The molecule has 2 nitrogen and oxygen atoms in total. The number of ether oxygens (including phenoxy) is 2. The number of rotatable bonds is 6. The molecule has 0 radical (unpaired) electrons. The normalized spacial score (nSPS) is 28.2. The van der Waals surface area contributed by atoms with Crippen molar-refractivity contribution in [3.05, 3.63) is 0 Å². The third-order valence-electron chi connectivity index (χ3n) is 2.59. The predicted octanol–water partition coefficient (Wildman–Crippen LogP) is 2.45. The molecule has 1 saturated heterocycles. The quantitative estimate of drug-likeness (QED) is 0.491. The summed E-state index contributed by atoms with van der Waals surface area (Å²) in [6.07, 6.45) is 3.22. The van der Waals surface area contributed by atoms with Crippen LogP contribution in [0.25, 0.3) is 0 Å². The average Bonchev–Trinajstić information content (AvgIpc) is 2.62. The van der Waals surface area contributed by atoms with Crippen LogP contribution in [-0.2, 0) is 9.47 Å². The molecule has 0 spiro atoms. The Balaban J connectivity index is 2.16. The second-order valence-corrected chi connectivity index (χ2v) is 4.07. The molecule has 1 aliphatic rings. The summed E-state index contributed by atoms with van der Waals surface area (Å²) in [5.41, 5.74) is 0.204. The van der Waals surface area contributed by atoms with Crippen LogP contribution in [0.1, 0.15) is 26.2 Å². The van der Waals surface area contributed by atoms with Crippen molar-refractivity contribution in [3.8, 4) is 0 Å². The summed E-state index contributed by atoms with van der Waals surface area (Å²) in [4.78, 5) is 0. The van der Waals surface area contributed by atoms with Gasteiger partial charge in [0, 0.05) is 31.1 Å². The molecule has 0 aromatic rings. The first-order valence-electron chi connectivity index (χ1n) is 5.04. The zero-order chi connectivity index (χ0) is 9.57. The van der Waals surface area contributed by atoms with Crippen LogP contribution in [0.15, 0.2) is 0 Å². The smallest absolute Gasteiger partial charge is 0.0535 e. The van der Waals surface area contributed by atoms with Crippen molar-refractivity contribution in [1.82, 2.24) is 0 Å². The minimum atomic E-state index is 0.204. The van der Waals surface area contributed by atoms with Gasteiger partial charge in [-0.05, 0) is 19.3 Å². The fourth-order valence-corrected chi connectivity index (χ4v) is 1.90. The maximum absolute atomic E-state index is 5.94. The van der Waals surface area contributed by atoms with E-state index in [-0.39, 0.29) is 5.41 Å². The summed E-state index contributed by atoms with van der Waals surface area (Å²) in [5, 5.41) is 0. The van der Waals surface area contributed by atoms with Gasteiger partial charge in [0.1, 0.15) is 0 Å². The van der Waals surface area contributed by atoms with E-state index in [0.717, 1.165) is 45.7 Å². The summed E-state index contributed by atoms with van der Waals surface area (Å²) < 4.78 is 10.8. The highest BCUT2D eigenvalue weighted by atomic mass is 35.5. The minimum Gasteiger partial charge on any atom is -0.381 e. The highest BCUT2D eigenvalue weighted by Crippen LogP contribution is 2.33. The number of halogens is 1. The molecule has 0 amide bonds. The molecule has 0 aromatic carbocycles. The molecule has 1 atom stereocenters. The molecule has 1 fully saturated rings. The van der Waals surface area contributed by atoms with E-state index < -0.39 is 0 Å². The summed E-state index contributed by atoms with van der Waals surface area (Å²) in [7, 11) is 0. The van der Waals surface area contributed by atoms with Gasteiger partial charge in [-0.1, -0.05) is 6.92 Å². The Hall–Kier alpha value is 0.210. The Morgan fingerprint density at radius 2 is 2.31 bits per heavy atom. The van der Waals surface area contributed by atoms with Gasteiger partial charge >= 0.3 is 0 Å². The van der Waals surface area contributed by atoms with E-state index in [0.29, 0.717) is 5.88 Å². The second kappa shape index (κ2) is 5.84. The molecule has 0 bridgehead atoms. The first kappa shape index (κ1) is 11.3. The molecule has 0 aromatic heterocycles. The SMILES string of the molecule is CCCOCCC1(CCl)CCOC1. The monoisotopic (exact) mass is 206 g/mol. The highest BCUT2D eigenvalue weighted by molar-refractivity contribution is 6.18. The first-order chi connectivity index (χ1) is 6.33. The van der Waals surface area contributed by atoms with E-state index in [4.69, 9.17) is 21.1 Å². The molecule has 1 aliphatic heterocycles. The van der Waals surface area contributed by atoms with E-state index in [1.807, 2.05) is 0 Å². The molecule has 13 heavy (non-hydrogen) atoms. The van der Waals surface area contributed by atoms with Gasteiger partial charge in [0.25, 0.3) is 0 Å². The zero-order valence-electron chi connectivity index (χ0n) is 8.35. The van der Waals surface area contributed by atoms with Gasteiger partial charge in [0.05, 0.1) is 6.61 Å². The maximum Gasteiger partial charge on any atom is 0.0535 e. The van der Waals surface area contributed by atoms with E-state index in [2.05, 4.69) is 6.92 Å². The average molecular weight is 207 g/mol. The summed E-state index contributed by atoms with van der Waals surface area (Å²) in [5.74, 6) is 0.697. The second-order valence-electron chi connectivity index (χ2n) is 3.80. The number of hydrogen-bond donors (Lipinski definition) is 0. The predicted molar refractivity (Wildman–Crippen MR) is 54.3 cm³/mol. The van der Waals surface area contributed by atoms with Crippen molar-refractivity contribution < 1.29 is 9.47 Å². The van der Waals surface area contributed by atoms with Crippen molar-refractivity contribution in [1.29, 1.82) is 0 Å². The zero-order valence-corrected chi connectivity index (χ0v) is 9.11. The molecule has 1 heterocycles. The Kier molecular flexibility index (Phi) is 5.07. The Morgan fingerprint density at radius 1 is 1.46 bits per heavy atom. The highest BCUT2D eigenvalue weighted by Gasteiger charge is 2.33. The Morgan fingerprint density at radius 3 is 2.85 bits per heavy atom. The molecule has 0 saturated carbocycles. The third-order valence-corrected chi connectivity index (χ3v) is 3.16. The minimum absolute atomic E-state index is 0.204. The molecule has 0 aliphatic carbocycles. The van der Waals surface area contributed by atoms with Crippen LogP contribution in [0.3, 0.4) is 0 Å². The molecule has 78 valence electrons. The van der Waals surface area contributed by atoms with Crippen molar-refractivity contribution in [2.75, 3.05) is 32.3 Å². The van der Waals surface area contributed by atoms with Gasteiger partial charge in [0.2, 0.25) is 0 Å². The lowest BCUT2D eigenvalue weighted by molar-refractivity contribution is 0.0897. The number of hydrogen-bond acceptors (Lipinski definition) is 2. The fourth-order valence-electron chi connectivity index (χ4n) is 1.55. The molecule has 0 N–H and O–H groups in total. The fraction of sp³-hybridized carbons (Fsp3) is 1.00. The molecule has 3 heteroatoms. The van der Waals surface area contributed by atoms with Crippen LogP contribution >= 0.6 is 11.6 Å². The van der Waals surface area contributed by atoms with Crippen LogP contribution < -0.4 is 0 Å². The van der Waals surface area contributed by atoms with Gasteiger partial charge < -0.3 is 9.47 Å². The summed E-state index contributed by atoms with van der Waals surface area (Å²) in [6, 6.07) is 0. The largest absolute Gasteiger partial charge is 0.381 e. The van der Waals surface area contributed by atoms with E-state index in [9.17, 15) is 0 Å². The van der Waals surface area contributed by atoms with Crippen LogP contribution in [-0.4, -0.2) is 32.3 Å². The molecule has 1 rings (SSSR count). The van der Waals surface area contributed by atoms with Crippen LogP contribution in [0, 0.1) is 5.41 Å². The third kappa shape index (κ3) is 3.45. The Labute approximate surface area is 85.5 Å².